The van der Waals surface area contributed by atoms with Crippen LogP contribution in [0.1, 0.15) is 25.3 Å². The SMILES string of the molecule is CCOc1ncnc(N2CCCC2CCl)c1C. The largest absolute Gasteiger partial charge is 0.478 e. The van der Waals surface area contributed by atoms with Gasteiger partial charge in [-0.15, -0.1) is 11.6 Å². The Kier molecular flexibility index (Phi) is 4.05. The lowest BCUT2D eigenvalue weighted by Crippen LogP contribution is -2.32. The van der Waals surface area contributed by atoms with Gasteiger partial charge in [0.2, 0.25) is 5.88 Å². The first-order chi connectivity index (χ1) is 8.27. The van der Waals surface area contributed by atoms with Crippen molar-refractivity contribution in [1.29, 1.82) is 0 Å². The highest BCUT2D eigenvalue weighted by Crippen LogP contribution is 2.30. The van der Waals surface area contributed by atoms with Crippen molar-refractivity contribution in [3.63, 3.8) is 0 Å². The van der Waals surface area contributed by atoms with E-state index in [1.54, 1.807) is 6.33 Å². The monoisotopic (exact) mass is 255 g/mol. The number of nitrogens with zero attached hydrogens (tertiary/aromatic N) is 3. The summed E-state index contributed by atoms with van der Waals surface area (Å²) in [6, 6.07) is 0.389. The Morgan fingerprint density at radius 2 is 2.35 bits per heavy atom. The molecule has 2 heterocycles. The zero-order valence-electron chi connectivity index (χ0n) is 10.3. The minimum Gasteiger partial charge on any atom is -0.478 e. The molecule has 4 nitrogen and oxygen atoms in total. The van der Waals surface area contributed by atoms with E-state index in [0.29, 0.717) is 24.4 Å². The van der Waals surface area contributed by atoms with Gasteiger partial charge in [-0.05, 0) is 26.7 Å². The third kappa shape index (κ3) is 2.46. The van der Waals surface area contributed by atoms with E-state index in [4.69, 9.17) is 16.3 Å². The van der Waals surface area contributed by atoms with Crippen LogP contribution in [0.4, 0.5) is 5.82 Å². The van der Waals surface area contributed by atoms with E-state index in [0.717, 1.165) is 24.3 Å². The third-order valence-corrected chi connectivity index (χ3v) is 3.48. The van der Waals surface area contributed by atoms with Crippen LogP contribution in [0.25, 0.3) is 0 Å². The van der Waals surface area contributed by atoms with Gasteiger partial charge in [-0.2, -0.15) is 0 Å². The average Bonchev–Trinajstić information content (AvgIpc) is 2.80. The summed E-state index contributed by atoms with van der Waals surface area (Å²) in [5.74, 6) is 2.29. The summed E-state index contributed by atoms with van der Waals surface area (Å²) in [5.41, 5.74) is 1.01. The summed E-state index contributed by atoms with van der Waals surface area (Å²) in [4.78, 5) is 10.8. The van der Waals surface area contributed by atoms with E-state index in [9.17, 15) is 0 Å². The number of hydrogen-bond acceptors (Lipinski definition) is 4. The molecule has 0 saturated carbocycles. The molecule has 1 atom stereocenters. The van der Waals surface area contributed by atoms with Crippen molar-refractivity contribution in [2.45, 2.75) is 32.7 Å². The summed E-state index contributed by atoms with van der Waals surface area (Å²) in [6.07, 6.45) is 3.87. The Bertz CT molecular complexity index is 386. The molecule has 1 fully saturated rings. The van der Waals surface area contributed by atoms with Crippen molar-refractivity contribution in [3.05, 3.63) is 11.9 Å². The van der Waals surface area contributed by atoms with Crippen molar-refractivity contribution in [3.8, 4) is 5.88 Å². The van der Waals surface area contributed by atoms with Gasteiger partial charge < -0.3 is 9.64 Å². The first kappa shape index (κ1) is 12.4. The van der Waals surface area contributed by atoms with Crippen molar-refractivity contribution >= 4 is 17.4 Å². The summed E-state index contributed by atoms with van der Waals surface area (Å²) in [7, 11) is 0. The molecule has 1 saturated heterocycles. The lowest BCUT2D eigenvalue weighted by atomic mass is 10.2. The van der Waals surface area contributed by atoms with Crippen molar-refractivity contribution in [2.24, 2.45) is 0 Å². The van der Waals surface area contributed by atoms with Crippen LogP contribution in [0, 0.1) is 6.92 Å². The van der Waals surface area contributed by atoms with Gasteiger partial charge in [-0.25, -0.2) is 9.97 Å². The number of anilines is 1. The summed E-state index contributed by atoms with van der Waals surface area (Å²) in [5, 5.41) is 0. The molecule has 1 aromatic rings. The molecule has 0 radical (unpaired) electrons. The zero-order chi connectivity index (χ0) is 12.3. The standard InChI is InChI=1S/C12H18ClN3O/c1-3-17-12-9(2)11(14-8-15-12)16-6-4-5-10(16)7-13/h8,10H,3-7H2,1-2H3. The molecule has 1 aliphatic rings. The van der Waals surface area contributed by atoms with E-state index in [2.05, 4.69) is 14.9 Å². The van der Waals surface area contributed by atoms with Crippen molar-refractivity contribution < 1.29 is 4.74 Å². The molecular formula is C12H18ClN3O. The highest BCUT2D eigenvalue weighted by Gasteiger charge is 2.27. The normalized spacial score (nSPS) is 19.7. The van der Waals surface area contributed by atoms with Crippen LogP contribution in [-0.4, -0.2) is 35.0 Å². The van der Waals surface area contributed by atoms with Crippen LogP contribution in [0.2, 0.25) is 0 Å². The molecule has 1 unspecified atom stereocenters. The molecule has 2 rings (SSSR count). The van der Waals surface area contributed by atoms with E-state index < -0.39 is 0 Å². The molecule has 94 valence electrons. The highest BCUT2D eigenvalue weighted by atomic mass is 35.5. The number of hydrogen-bond donors (Lipinski definition) is 0. The molecule has 1 aliphatic heterocycles. The number of aromatic nitrogens is 2. The minimum atomic E-state index is 0.389. The molecule has 0 aromatic carbocycles. The van der Waals surface area contributed by atoms with Gasteiger partial charge in [-0.1, -0.05) is 0 Å². The zero-order valence-corrected chi connectivity index (χ0v) is 11.1. The molecule has 0 bridgehead atoms. The molecule has 0 aliphatic carbocycles. The van der Waals surface area contributed by atoms with Crippen LogP contribution >= 0.6 is 11.6 Å². The Hall–Kier alpha value is -1.03. The number of ether oxygens (including phenoxy) is 1. The molecule has 17 heavy (non-hydrogen) atoms. The van der Waals surface area contributed by atoms with E-state index >= 15 is 0 Å². The van der Waals surface area contributed by atoms with E-state index in [-0.39, 0.29) is 0 Å². The number of rotatable bonds is 4. The second-order valence-electron chi connectivity index (χ2n) is 4.20. The lowest BCUT2D eigenvalue weighted by Gasteiger charge is -2.25. The van der Waals surface area contributed by atoms with Gasteiger partial charge in [0.1, 0.15) is 12.1 Å². The van der Waals surface area contributed by atoms with Gasteiger partial charge >= 0.3 is 0 Å². The smallest absolute Gasteiger partial charge is 0.221 e. The highest BCUT2D eigenvalue weighted by molar-refractivity contribution is 6.18. The lowest BCUT2D eigenvalue weighted by molar-refractivity contribution is 0.323. The second-order valence-corrected chi connectivity index (χ2v) is 4.51. The van der Waals surface area contributed by atoms with Crippen molar-refractivity contribution in [1.82, 2.24) is 9.97 Å². The predicted molar refractivity (Wildman–Crippen MR) is 69.0 cm³/mol. The van der Waals surface area contributed by atoms with E-state index in [1.807, 2.05) is 13.8 Å². The predicted octanol–water partition coefficient (Wildman–Crippen LogP) is 2.39. The average molecular weight is 256 g/mol. The summed E-state index contributed by atoms with van der Waals surface area (Å²) in [6.45, 7) is 5.60. The first-order valence-corrected chi connectivity index (χ1v) is 6.58. The maximum Gasteiger partial charge on any atom is 0.221 e. The molecule has 5 heteroatoms. The van der Waals surface area contributed by atoms with Gasteiger partial charge in [0.25, 0.3) is 0 Å². The maximum atomic E-state index is 5.99. The first-order valence-electron chi connectivity index (χ1n) is 6.05. The fraction of sp³-hybridized carbons (Fsp3) is 0.667. The Balaban J connectivity index is 2.28. The molecular weight excluding hydrogens is 238 g/mol. The summed E-state index contributed by atoms with van der Waals surface area (Å²) < 4.78 is 5.49. The number of alkyl halides is 1. The Morgan fingerprint density at radius 1 is 1.53 bits per heavy atom. The van der Waals surface area contributed by atoms with Crippen LogP contribution in [0.5, 0.6) is 5.88 Å². The minimum absolute atomic E-state index is 0.389. The number of halogens is 1. The molecule has 0 amide bonds. The van der Waals surface area contributed by atoms with Gasteiger partial charge in [0, 0.05) is 18.5 Å². The fourth-order valence-electron chi connectivity index (χ4n) is 2.27. The molecule has 1 aromatic heterocycles. The van der Waals surface area contributed by atoms with Crippen LogP contribution < -0.4 is 9.64 Å². The van der Waals surface area contributed by atoms with E-state index in [1.165, 1.54) is 6.42 Å². The summed E-state index contributed by atoms with van der Waals surface area (Å²) >= 11 is 5.99. The fourth-order valence-corrected chi connectivity index (χ4v) is 2.59. The van der Waals surface area contributed by atoms with Crippen LogP contribution in [-0.2, 0) is 0 Å². The Morgan fingerprint density at radius 3 is 3.06 bits per heavy atom. The van der Waals surface area contributed by atoms with Crippen LogP contribution in [0.3, 0.4) is 0 Å². The van der Waals surface area contributed by atoms with Gasteiger partial charge in [0.15, 0.2) is 0 Å². The third-order valence-electron chi connectivity index (χ3n) is 3.12. The maximum absolute atomic E-state index is 5.99. The van der Waals surface area contributed by atoms with Crippen molar-refractivity contribution in [2.75, 3.05) is 23.9 Å². The van der Waals surface area contributed by atoms with Gasteiger partial charge in [0.05, 0.1) is 12.2 Å². The van der Waals surface area contributed by atoms with Crippen LogP contribution in [0.15, 0.2) is 6.33 Å². The topological polar surface area (TPSA) is 38.3 Å². The molecule has 0 N–H and O–H groups in total. The molecule has 0 spiro atoms. The quantitative estimate of drug-likeness (QED) is 0.775. The second kappa shape index (κ2) is 5.54. The van der Waals surface area contributed by atoms with Gasteiger partial charge in [-0.3, -0.25) is 0 Å². The Labute approximate surface area is 107 Å².